The van der Waals surface area contributed by atoms with E-state index in [1.165, 1.54) is 4.90 Å². The number of urea groups is 1. The van der Waals surface area contributed by atoms with Crippen LogP contribution in [0.3, 0.4) is 0 Å². The highest BCUT2D eigenvalue weighted by Crippen LogP contribution is 2.30. The van der Waals surface area contributed by atoms with E-state index in [-0.39, 0.29) is 25.0 Å². The Bertz CT molecular complexity index is 547. The van der Waals surface area contributed by atoms with Crippen LogP contribution in [0.5, 0.6) is 11.5 Å². The zero-order valence-electron chi connectivity index (χ0n) is 14.0. The average molecular weight is 324 g/mol. The van der Waals surface area contributed by atoms with Gasteiger partial charge < -0.3 is 24.8 Å². The molecule has 7 heteroatoms. The van der Waals surface area contributed by atoms with E-state index in [0.717, 1.165) is 5.56 Å². The predicted molar refractivity (Wildman–Crippen MR) is 86.0 cm³/mol. The summed E-state index contributed by atoms with van der Waals surface area (Å²) in [5.74, 6) is 0.282. The van der Waals surface area contributed by atoms with Gasteiger partial charge in [-0.15, -0.1) is 0 Å². The summed E-state index contributed by atoms with van der Waals surface area (Å²) in [6.07, 6.45) is 0.602. The molecule has 0 aliphatic carbocycles. The zero-order chi connectivity index (χ0) is 17.4. The molecule has 2 amide bonds. The number of methoxy groups -OCH3 is 2. The molecule has 1 rings (SSSR count). The number of rotatable bonds is 8. The predicted octanol–water partition coefficient (Wildman–Crippen LogP) is 2.27. The summed E-state index contributed by atoms with van der Waals surface area (Å²) < 4.78 is 10.5. The SMILES string of the molecule is CCC(NC(=O)N(C)CCC(=O)O)c1ccc(OC)c(OC)c1. The van der Waals surface area contributed by atoms with E-state index in [4.69, 9.17) is 14.6 Å². The van der Waals surface area contributed by atoms with Crippen LogP contribution in [0.2, 0.25) is 0 Å². The van der Waals surface area contributed by atoms with Crippen molar-refractivity contribution in [2.45, 2.75) is 25.8 Å². The Morgan fingerprint density at radius 2 is 1.91 bits per heavy atom. The summed E-state index contributed by atoms with van der Waals surface area (Å²) in [4.78, 5) is 24.1. The standard InChI is InChI=1S/C16H24N2O5/c1-5-12(17-16(21)18(2)9-8-15(19)20)11-6-7-13(22-3)14(10-11)23-4/h6-7,10,12H,5,8-9H2,1-4H3,(H,17,21)(H,19,20). The Kier molecular flexibility index (Phi) is 7.18. The molecule has 1 aromatic rings. The van der Waals surface area contributed by atoms with Crippen molar-refractivity contribution >= 4 is 12.0 Å². The molecular weight excluding hydrogens is 300 g/mol. The number of carboxylic acids is 1. The lowest BCUT2D eigenvalue weighted by atomic mass is 10.0. The van der Waals surface area contributed by atoms with Crippen LogP contribution in [-0.2, 0) is 4.79 Å². The van der Waals surface area contributed by atoms with Crippen LogP contribution >= 0.6 is 0 Å². The third-order valence-electron chi connectivity index (χ3n) is 3.52. The van der Waals surface area contributed by atoms with Gasteiger partial charge in [-0.2, -0.15) is 0 Å². The molecule has 0 aliphatic heterocycles. The van der Waals surface area contributed by atoms with Gasteiger partial charge in [0.15, 0.2) is 11.5 Å². The highest BCUT2D eigenvalue weighted by Gasteiger charge is 2.18. The lowest BCUT2D eigenvalue weighted by molar-refractivity contribution is -0.137. The molecule has 7 nitrogen and oxygen atoms in total. The summed E-state index contributed by atoms with van der Waals surface area (Å²) in [6.45, 7) is 2.11. The molecule has 0 aromatic heterocycles. The Morgan fingerprint density at radius 1 is 1.26 bits per heavy atom. The number of nitrogens with zero attached hydrogens (tertiary/aromatic N) is 1. The van der Waals surface area contributed by atoms with Gasteiger partial charge in [-0.3, -0.25) is 4.79 Å². The molecule has 0 spiro atoms. The number of benzene rings is 1. The molecule has 0 bridgehead atoms. The van der Waals surface area contributed by atoms with Crippen LogP contribution in [0.4, 0.5) is 4.79 Å². The summed E-state index contributed by atoms with van der Waals surface area (Å²) in [7, 11) is 4.69. The van der Waals surface area contributed by atoms with Gasteiger partial charge in [-0.05, 0) is 24.1 Å². The first kappa shape index (κ1) is 18.6. The van der Waals surface area contributed by atoms with Gasteiger partial charge in [0.2, 0.25) is 0 Å². The van der Waals surface area contributed by atoms with E-state index in [2.05, 4.69) is 5.32 Å². The zero-order valence-corrected chi connectivity index (χ0v) is 14.0. The minimum atomic E-state index is -0.934. The molecule has 0 fully saturated rings. The molecular formula is C16H24N2O5. The molecule has 0 saturated heterocycles. The largest absolute Gasteiger partial charge is 0.493 e. The molecule has 0 aliphatic rings. The number of nitrogens with one attached hydrogen (secondary N) is 1. The lowest BCUT2D eigenvalue weighted by Gasteiger charge is -2.23. The van der Waals surface area contributed by atoms with Crippen LogP contribution in [0.25, 0.3) is 0 Å². The first-order valence-electron chi connectivity index (χ1n) is 7.38. The minimum absolute atomic E-state index is 0.0862. The van der Waals surface area contributed by atoms with Crippen LogP contribution < -0.4 is 14.8 Å². The third kappa shape index (κ3) is 5.36. The molecule has 128 valence electrons. The van der Waals surface area contributed by atoms with Gasteiger partial charge in [-0.1, -0.05) is 13.0 Å². The van der Waals surface area contributed by atoms with E-state index < -0.39 is 5.97 Å². The number of ether oxygens (including phenoxy) is 2. The lowest BCUT2D eigenvalue weighted by Crippen LogP contribution is -2.40. The highest BCUT2D eigenvalue weighted by molar-refractivity contribution is 5.75. The van der Waals surface area contributed by atoms with Crippen LogP contribution in [0.15, 0.2) is 18.2 Å². The molecule has 1 aromatic carbocycles. The first-order valence-corrected chi connectivity index (χ1v) is 7.38. The van der Waals surface area contributed by atoms with Gasteiger partial charge in [-0.25, -0.2) is 4.79 Å². The second-order valence-corrected chi connectivity index (χ2v) is 5.09. The number of amides is 2. The average Bonchev–Trinajstić information content (AvgIpc) is 2.56. The fourth-order valence-electron chi connectivity index (χ4n) is 2.11. The summed E-state index contributed by atoms with van der Waals surface area (Å²) in [6, 6.07) is 4.97. The second kappa shape index (κ2) is 8.87. The molecule has 1 atom stereocenters. The first-order chi connectivity index (χ1) is 10.9. The van der Waals surface area contributed by atoms with Gasteiger partial charge in [0.1, 0.15) is 0 Å². The minimum Gasteiger partial charge on any atom is -0.493 e. The number of hydrogen-bond acceptors (Lipinski definition) is 4. The molecule has 0 saturated carbocycles. The van der Waals surface area contributed by atoms with Crippen molar-refractivity contribution in [3.05, 3.63) is 23.8 Å². The second-order valence-electron chi connectivity index (χ2n) is 5.09. The van der Waals surface area contributed by atoms with E-state index in [1.807, 2.05) is 19.1 Å². The van der Waals surface area contributed by atoms with E-state index in [1.54, 1.807) is 27.3 Å². The van der Waals surface area contributed by atoms with Gasteiger partial charge in [0.25, 0.3) is 0 Å². The van der Waals surface area contributed by atoms with Crippen LogP contribution in [0.1, 0.15) is 31.4 Å². The Balaban J connectivity index is 2.80. The molecule has 0 radical (unpaired) electrons. The fourth-order valence-corrected chi connectivity index (χ4v) is 2.11. The summed E-state index contributed by atoms with van der Waals surface area (Å²) >= 11 is 0. The number of aliphatic carboxylic acids is 1. The molecule has 1 unspecified atom stereocenters. The van der Waals surface area contributed by atoms with Crippen LogP contribution in [0, 0.1) is 0 Å². The van der Waals surface area contributed by atoms with E-state index in [0.29, 0.717) is 17.9 Å². The highest BCUT2D eigenvalue weighted by atomic mass is 16.5. The normalized spacial score (nSPS) is 11.5. The van der Waals surface area contributed by atoms with Crippen molar-refractivity contribution < 1.29 is 24.2 Å². The monoisotopic (exact) mass is 324 g/mol. The van der Waals surface area contributed by atoms with Crippen molar-refractivity contribution in [3.8, 4) is 11.5 Å². The van der Waals surface area contributed by atoms with E-state index in [9.17, 15) is 9.59 Å². The molecule has 23 heavy (non-hydrogen) atoms. The van der Waals surface area contributed by atoms with Gasteiger partial charge >= 0.3 is 12.0 Å². The number of carbonyl (C=O) groups is 2. The third-order valence-corrected chi connectivity index (χ3v) is 3.52. The van der Waals surface area contributed by atoms with Crippen molar-refractivity contribution in [2.24, 2.45) is 0 Å². The number of carbonyl (C=O) groups excluding carboxylic acids is 1. The van der Waals surface area contributed by atoms with Crippen molar-refractivity contribution in [1.82, 2.24) is 10.2 Å². The molecule has 2 N–H and O–H groups in total. The maximum absolute atomic E-state index is 12.1. The van der Waals surface area contributed by atoms with Gasteiger partial charge in [0, 0.05) is 13.6 Å². The van der Waals surface area contributed by atoms with Crippen molar-refractivity contribution in [1.29, 1.82) is 0 Å². The Morgan fingerprint density at radius 3 is 2.43 bits per heavy atom. The van der Waals surface area contributed by atoms with Crippen molar-refractivity contribution in [3.63, 3.8) is 0 Å². The van der Waals surface area contributed by atoms with Gasteiger partial charge in [0.05, 0.1) is 26.7 Å². The maximum atomic E-state index is 12.1. The Hall–Kier alpha value is -2.44. The smallest absolute Gasteiger partial charge is 0.317 e. The summed E-state index contributed by atoms with van der Waals surface area (Å²) in [5, 5.41) is 11.6. The molecule has 0 heterocycles. The Labute approximate surface area is 136 Å². The summed E-state index contributed by atoms with van der Waals surface area (Å²) in [5.41, 5.74) is 0.894. The fraction of sp³-hybridized carbons (Fsp3) is 0.500. The van der Waals surface area contributed by atoms with Crippen molar-refractivity contribution in [2.75, 3.05) is 27.8 Å². The van der Waals surface area contributed by atoms with Crippen LogP contribution in [-0.4, -0.2) is 49.8 Å². The quantitative estimate of drug-likeness (QED) is 0.766. The number of carboxylic acid groups (broad SMARTS) is 1. The number of hydrogen-bond donors (Lipinski definition) is 2. The topological polar surface area (TPSA) is 88.1 Å². The van der Waals surface area contributed by atoms with E-state index >= 15 is 0 Å². The maximum Gasteiger partial charge on any atom is 0.317 e.